The van der Waals surface area contributed by atoms with Crippen molar-refractivity contribution >= 4 is 17.3 Å². The number of hydrogen-bond acceptors (Lipinski definition) is 6. The van der Waals surface area contributed by atoms with Gasteiger partial charge in [0.25, 0.3) is 5.56 Å². The maximum atomic E-state index is 13.5. The average Bonchev–Trinajstić information content (AvgIpc) is 3.25. The largest absolute Gasteiger partial charge is 0.418 e. The van der Waals surface area contributed by atoms with Crippen LogP contribution < -0.4 is 11.3 Å². The summed E-state index contributed by atoms with van der Waals surface area (Å²) in [4.78, 5) is 21.1. The molecule has 0 saturated heterocycles. The molecule has 196 valence electrons. The van der Waals surface area contributed by atoms with E-state index in [0.717, 1.165) is 18.2 Å². The average molecular weight is 551 g/mol. The molecule has 1 fully saturated rings. The Morgan fingerprint density at radius 2 is 1.92 bits per heavy atom. The summed E-state index contributed by atoms with van der Waals surface area (Å²) >= 11 is 6.30. The number of nitrogens with zero attached hydrogens (tertiary/aromatic N) is 6. The van der Waals surface area contributed by atoms with Gasteiger partial charge < -0.3 is 15.3 Å². The minimum atomic E-state index is -4.58. The summed E-state index contributed by atoms with van der Waals surface area (Å²) in [6.45, 7) is 0. The number of imidazole rings is 1. The molecule has 1 saturated carbocycles. The number of aromatic amines is 1. The van der Waals surface area contributed by atoms with Gasteiger partial charge in [0.05, 0.1) is 29.2 Å². The summed E-state index contributed by atoms with van der Waals surface area (Å²) in [5.74, 6) is 0.844. The van der Waals surface area contributed by atoms with Crippen molar-refractivity contribution in [2.75, 3.05) is 5.73 Å². The first-order valence-electron chi connectivity index (χ1n) is 12.0. The minimum Gasteiger partial charge on any atom is -0.398 e. The lowest BCUT2D eigenvalue weighted by Crippen LogP contribution is -2.26. The van der Waals surface area contributed by atoms with E-state index in [1.54, 1.807) is 28.8 Å². The maximum absolute atomic E-state index is 13.5. The molecule has 0 bridgehead atoms. The summed E-state index contributed by atoms with van der Waals surface area (Å²) < 4.78 is 43.4. The number of nitrogens with one attached hydrogen (secondary N) is 1. The Bertz CT molecular complexity index is 1810. The van der Waals surface area contributed by atoms with Gasteiger partial charge in [0, 0.05) is 39.5 Å². The van der Waals surface area contributed by atoms with Crippen molar-refractivity contribution < 1.29 is 13.2 Å². The van der Waals surface area contributed by atoms with Crippen LogP contribution in [0.25, 0.3) is 28.1 Å². The van der Waals surface area contributed by atoms with Crippen molar-refractivity contribution in [2.45, 2.75) is 24.6 Å². The van der Waals surface area contributed by atoms with Gasteiger partial charge >= 0.3 is 6.18 Å². The third-order valence-corrected chi connectivity index (χ3v) is 7.65. The maximum Gasteiger partial charge on any atom is 0.418 e. The molecule has 0 amide bonds. The molecule has 9 nitrogen and oxygen atoms in total. The first-order valence-corrected chi connectivity index (χ1v) is 12.4. The van der Waals surface area contributed by atoms with Crippen LogP contribution in [-0.4, -0.2) is 34.7 Å². The number of nitrogens with two attached hydrogens (primary N) is 1. The molecular formula is C26H18ClF3N8O. The van der Waals surface area contributed by atoms with Gasteiger partial charge in [0.1, 0.15) is 12.2 Å². The van der Waals surface area contributed by atoms with Crippen molar-refractivity contribution in [3.05, 3.63) is 93.5 Å². The van der Waals surface area contributed by atoms with Gasteiger partial charge in [-0.25, -0.2) is 4.98 Å². The molecule has 2 aliphatic rings. The molecule has 0 radical (unpaired) electrons. The monoisotopic (exact) mass is 550 g/mol. The van der Waals surface area contributed by atoms with Gasteiger partial charge in [-0.2, -0.15) is 17.9 Å². The standard InChI is InChI=1S/C26H18ClF3N8O/c27-14-2-4-21(37-11-33-35-36-37)15(8-14)13-6-22-16-9-17(16)24(38(22)23(39)7-13)25-32-10-20(34-25)12-1-3-19(31)18(5-12)26(28,29)30/h1-8,10-11,16-17,24H,9,31H2,(H,32,34)/t16-,17+,24+/m1/s1. The number of anilines is 1. The van der Waals surface area contributed by atoms with Crippen LogP contribution in [0.1, 0.15) is 35.5 Å². The van der Waals surface area contributed by atoms with E-state index in [0.29, 0.717) is 38.9 Å². The number of nitrogen functional groups attached to an aromatic ring is 1. The number of halogens is 4. The van der Waals surface area contributed by atoms with Gasteiger partial charge in [0.2, 0.25) is 0 Å². The Labute approximate surface area is 223 Å². The normalized spacial score (nSPS) is 19.6. The molecule has 0 spiro atoms. The quantitative estimate of drug-likeness (QED) is 0.309. The third-order valence-electron chi connectivity index (χ3n) is 7.41. The molecule has 2 aromatic carbocycles. The second-order valence-electron chi connectivity index (χ2n) is 9.73. The molecule has 7 rings (SSSR count). The smallest absolute Gasteiger partial charge is 0.398 e. The number of fused-ring (bicyclic) bond motifs is 3. The Morgan fingerprint density at radius 3 is 2.69 bits per heavy atom. The minimum absolute atomic E-state index is 0.155. The van der Waals surface area contributed by atoms with E-state index >= 15 is 0 Å². The molecule has 0 unspecified atom stereocenters. The zero-order valence-electron chi connectivity index (χ0n) is 19.9. The first kappa shape index (κ1) is 23.7. The van der Waals surface area contributed by atoms with Crippen molar-refractivity contribution in [2.24, 2.45) is 5.92 Å². The number of H-pyrrole nitrogens is 1. The van der Waals surface area contributed by atoms with E-state index in [1.807, 2.05) is 6.07 Å². The molecule has 1 aliphatic carbocycles. The summed E-state index contributed by atoms with van der Waals surface area (Å²) in [6, 6.07) is 12.2. The fourth-order valence-corrected chi connectivity index (χ4v) is 5.75. The Morgan fingerprint density at radius 1 is 1.08 bits per heavy atom. The topological polar surface area (TPSA) is 120 Å². The van der Waals surface area contributed by atoms with Gasteiger partial charge in [-0.1, -0.05) is 17.7 Å². The van der Waals surface area contributed by atoms with Gasteiger partial charge in [0.15, 0.2) is 0 Å². The highest BCUT2D eigenvalue weighted by Crippen LogP contribution is 2.60. The number of pyridine rings is 1. The fourth-order valence-electron chi connectivity index (χ4n) is 5.57. The predicted octanol–water partition coefficient (Wildman–Crippen LogP) is 4.84. The molecule has 5 aromatic rings. The highest BCUT2D eigenvalue weighted by Gasteiger charge is 2.54. The summed E-state index contributed by atoms with van der Waals surface area (Å²) in [7, 11) is 0. The fraction of sp³-hybridized carbons (Fsp3) is 0.192. The summed E-state index contributed by atoms with van der Waals surface area (Å²) in [5, 5.41) is 11.9. The lowest BCUT2D eigenvalue weighted by molar-refractivity contribution is -0.136. The van der Waals surface area contributed by atoms with E-state index in [1.165, 1.54) is 29.3 Å². The third kappa shape index (κ3) is 3.82. The zero-order chi connectivity index (χ0) is 27.1. The van der Waals surface area contributed by atoms with E-state index in [4.69, 9.17) is 17.3 Å². The Hall–Kier alpha value is -4.45. The molecule has 13 heteroatoms. The van der Waals surface area contributed by atoms with E-state index in [2.05, 4.69) is 25.5 Å². The molecule has 1 aliphatic heterocycles. The number of benzene rings is 2. The zero-order valence-corrected chi connectivity index (χ0v) is 20.6. The molecule has 39 heavy (non-hydrogen) atoms. The van der Waals surface area contributed by atoms with Crippen molar-refractivity contribution in [3.63, 3.8) is 0 Å². The van der Waals surface area contributed by atoms with Crippen LogP contribution in [0, 0.1) is 5.92 Å². The van der Waals surface area contributed by atoms with Crippen molar-refractivity contribution in [3.8, 4) is 28.1 Å². The second-order valence-corrected chi connectivity index (χ2v) is 10.2. The number of rotatable bonds is 4. The van der Waals surface area contributed by atoms with Crippen LogP contribution >= 0.6 is 11.6 Å². The molecule has 4 heterocycles. The first-order chi connectivity index (χ1) is 18.7. The number of tetrazole rings is 1. The van der Waals surface area contributed by atoms with Crippen molar-refractivity contribution in [1.82, 2.24) is 34.7 Å². The molecule has 3 N–H and O–H groups in total. The summed E-state index contributed by atoms with van der Waals surface area (Å²) in [5.41, 5.74) is 7.74. The predicted molar refractivity (Wildman–Crippen MR) is 136 cm³/mol. The van der Waals surface area contributed by atoms with Crippen LogP contribution in [0.3, 0.4) is 0 Å². The molecule has 3 aromatic heterocycles. The number of hydrogen-bond donors (Lipinski definition) is 2. The van der Waals surface area contributed by atoms with Crippen LogP contribution in [0.5, 0.6) is 0 Å². The SMILES string of the molecule is Nc1ccc(-c2cnc([C@@H]3[C@H]4C[C@H]4c4cc(-c5cc(Cl)ccc5-n5cnnn5)cc(=O)n43)[nH]2)cc1C(F)(F)F. The van der Waals surface area contributed by atoms with Gasteiger partial charge in [-0.15, -0.1) is 5.10 Å². The number of alkyl halides is 3. The molecular weight excluding hydrogens is 533 g/mol. The Balaban J connectivity index is 1.28. The van der Waals surface area contributed by atoms with Crippen molar-refractivity contribution in [1.29, 1.82) is 0 Å². The summed E-state index contributed by atoms with van der Waals surface area (Å²) in [6.07, 6.45) is -0.751. The van der Waals surface area contributed by atoms with Crippen LogP contribution in [0.4, 0.5) is 18.9 Å². The number of aromatic nitrogens is 7. The lowest BCUT2D eigenvalue weighted by atomic mass is 10.0. The van der Waals surface area contributed by atoms with E-state index in [-0.39, 0.29) is 29.1 Å². The highest BCUT2D eigenvalue weighted by atomic mass is 35.5. The van der Waals surface area contributed by atoms with E-state index in [9.17, 15) is 18.0 Å². The van der Waals surface area contributed by atoms with E-state index < -0.39 is 11.7 Å². The second kappa shape index (κ2) is 8.27. The lowest BCUT2D eigenvalue weighted by Gasteiger charge is -2.18. The van der Waals surface area contributed by atoms with Gasteiger partial charge in [-0.05, 0) is 64.7 Å². The van der Waals surface area contributed by atoms with Crippen LogP contribution in [-0.2, 0) is 6.18 Å². The molecule has 3 atom stereocenters. The highest BCUT2D eigenvalue weighted by molar-refractivity contribution is 6.31. The van der Waals surface area contributed by atoms with Crippen LogP contribution in [0.2, 0.25) is 5.02 Å². The van der Waals surface area contributed by atoms with Gasteiger partial charge in [-0.3, -0.25) is 4.79 Å². The Kier molecular flexibility index (Phi) is 5.02. The van der Waals surface area contributed by atoms with Crippen LogP contribution in [0.15, 0.2) is 65.8 Å².